The van der Waals surface area contributed by atoms with Gasteiger partial charge in [-0.3, -0.25) is 4.79 Å². The van der Waals surface area contributed by atoms with Gasteiger partial charge in [0.25, 0.3) is 0 Å². The molecule has 1 unspecified atom stereocenters. The van der Waals surface area contributed by atoms with Gasteiger partial charge in [0.2, 0.25) is 5.91 Å². The zero-order valence-corrected chi connectivity index (χ0v) is 31.1. The van der Waals surface area contributed by atoms with E-state index in [1.807, 2.05) is 0 Å². The van der Waals surface area contributed by atoms with Crippen molar-refractivity contribution in [2.75, 3.05) is 26.4 Å². The lowest BCUT2D eigenvalue weighted by Crippen LogP contribution is -2.70. The third-order valence-corrected chi connectivity index (χ3v) is 10.7. The summed E-state index contributed by atoms with van der Waals surface area (Å²) in [7, 11) is 0. The molecular weight excluding hydrogens is 798 g/mol. The summed E-state index contributed by atoms with van der Waals surface area (Å²) in [5.41, 5.74) is 0. The molecule has 58 heavy (non-hydrogen) atoms. The van der Waals surface area contributed by atoms with Crippen molar-refractivity contribution in [3.63, 3.8) is 0 Å². The van der Waals surface area contributed by atoms with E-state index in [0.29, 0.717) is 0 Å². The van der Waals surface area contributed by atoms with Crippen LogP contribution in [0.2, 0.25) is 0 Å². The van der Waals surface area contributed by atoms with E-state index in [1.54, 1.807) is 0 Å². The molecule has 26 nitrogen and oxygen atoms in total. The number of carbonyl (C=O) groups is 1. The van der Waals surface area contributed by atoms with E-state index in [2.05, 4.69) is 5.32 Å². The van der Waals surface area contributed by atoms with Gasteiger partial charge in [0.15, 0.2) is 31.5 Å². The Balaban J connectivity index is 1.38. The SMILES string of the molecule is CC(=O)N[C@H]1[C@H](O[C@H]2[C@@H](O)[C@@H](CO)O[C@@H](O[C@H]3[C@H](O[C@@H]4O[C@H](CO)[C@H](O)[C@H](O)[C@H]4O)[C@@H](O)C(O)O[C@@H]3CO)[C@@H]2O)O[C@H](CO)[C@@H](O[C@@H]2O[C@@H](C)[C@@H](O)[C@@H](O)[C@@H]2O)[C@@H]1O. The topological polar surface area (TPSA) is 416 Å². The highest BCUT2D eigenvalue weighted by Gasteiger charge is 2.57. The minimum atomic E-state index is -2.14. The van der Waals surface area contributed by atoms with Crippen LogP contribution < -0.4 is 5.32 Å². The molecule has 0 aromatic carbocycles. The molecule has 5 saturated heterocycles. The molecule has 0 bridgehead atoms. The molecule has 5 aliphatic heterocycles. The molecule has 0 aromatic rings. The predicted octanol–water partition coefficient (Wildman–Crippen LogP) is -10.8. The average Bonchev–Trinajstić information content (AvgIpc) is 3.19. The van der Waals surface area contributed by atoms with Crippen molar-refractivity contribution >= 4 is 5.91 Å². The molecule has 338 valence electrons. The molecule has 1 amide bonds. The standard InChI is InChI=1S/C32H55NO25/c1-7-14(39)18(43)20(45)30(50-7)55-24-11(5-36)54-29(13(17(24)42)33-8(2)38)57-26-16(41)10(4-35)53-32(23(26)48)56-25-12(6-37)51-28(49)22(47)27(25)58-31-21(46)19(44)15(40)9(3-34)52-31/h7,9-32,34-37,39-49H,3-6H2,1-2H3,(H,33,38)/t7-,9+,10+,11+,12+,13+,14+,15-,16-,17+,18+,19-,20-,21+,22+,23+,24+,25+,26-,27+,28?,29-,30-,31-,32-/m0/s1. The van der Waals surface area contributed by atoms with Crippen molar-refractivity contribution in [3.05, 3.63) is 0 Å². The Bertz CT molecular complexity index is 1310. The highest BCUT2D eigenvalue weighted by Crippen LogP contribution is 2.36. The molecule has 16 N–H and O–H groups in total. The van der Waals surface area contributed by atoms with E-state index in [4.69, 9.17) is 42.6 Å². The Morgan fingerprint density at radius 3 is 1.47 bits per heavy atom. The second-order valence-electron chi connectivity index (χ2n) is 14.7. The molecule has 0 saturated carbocycles. The minimum absolute atomic E-state index is 0.774. The number of aliphatic hydroxyl groups is 15. The number of nitrogens with one attached hydrogen (secondary N) is 1. The molecule has 0 aromatic heterocycles. The van der Waals surface area contributed by atoms with Crippen LogP contribution in [0.1, 0.15) is 13.8 Å². The van der Waals surface area contributed by atoms with E-state index in [-0.39, 0.29) is 0 Å². The fraction of sp³-hybridized carbons (Fsp3) is 0.969. The Kier molecular flexibility index (Phi) is 16.5. The summed E-state index contributed by atoms with van der Waals surface area (Å²) in [6.45, 7) is -1.30. The number of amides is 1. The van der Waals surface area contributed by atoms with Gasteiger partial charge >= 0.3 is 0 Å². The largest absolute Gasteiger partial charge is 0.394 e. The van der Waals surface area contributed by atoms with Crippen LogP contribution in [0.5, 0.6) is 0 Å². The fourth-order valence-electron chi connectivity index (χ4n) is 7.37. The van der Waals surface area contributed by atoms with Gasteiger partial charge in [-0.05, 0) is 6.92 Å². The maximum atomic E-state index is 12.3. The summed E-state index contributed by atoms with van der Waals surface area (Å²) in [5, 5.41) is 160. The summed E-state index contributed by atoms with van der Waals surface area (Å²) >= 11 is 0. The van der Waals surface area contributed by atoms with E-state index < -0.39 is 186 Å². The number of ether oxygens (including phenoxy) is 9. The zero-order valence-electron chi connectivity index (χ0n) is 31.1. The summed E-state index contributed by atoms with van der Waals surface area (Å²) in [6.07, 6.45) is -43.1. The Labute approximate surface area is 329 Å². The van der Waals surface area contributed by atoms with Crippen molar-refractivity contribution in [2.24, 2.45) is 0 Å². The molecule has 26 heteroatoms. The van der Waals surface area contributed by atoms with E-state index in [1.165, 1.54) is 6.92 Å². The molecule has 5 heterocycles. The Hall–Kier alpha value is -1.49. The zero-order chi connectivity index (χ0) is 42.9. The van der Waals surface area contributed by atoms with Gasteiger partial charge in [0.05, 0.1) is 32.5 Å². The second kappa shape index (κ2) is 20.1. The molecule has 5 rings (SSSR count). The smallest absolute Gasteiger partial charge is 0.217 e. The molecule has 0 spiro atoms. The molecule has 5 fully saturated rings. The quantitative estimate of drug-likeness (QED) is 0.0818. The van der Waals surface area contributed by atoms with Gasteiger partial charge in [-0.2, -0.15) is 0 Å². The van der Waals surface area contributed by atoms with Crippen LogP contribution in [0.25, 0.3) is 0 Å². The lowest BCUT2D eigenvalue weighted by Gasteiger charge is -2.50. The Morgan fingerprint density at radius 2 is 0.897 bits per heavy atom. The first kappa shape index (κ1) is 47.6. The summed E-state index contributed by atoms with van der Waals surface area (Å²) in [4.78, 5) is 12.3. The van der Waals surface area contributed by atoms with Gasteiger partial charge in [0, 0.05) is 6.92 Å². The lowest BCUT2D eigenvalue weighted by atomic mass is 9.94. The summed E-state index contributed by atoms with van der Waals surface area (Å²) in [6, 6.07) is -1.65. The minimum Gasteiger partial charge on any atom is -0.394 e. The van der Waals surface area contributed by atoms with Gasteiger partial charge in [-0.15, -0.1) is 0 Å². The van der Waals surface area contributed by atoms with E-state index >= 15 is 0 Å². The number of rotatable bonds is 13. The number of carbonyl (C=O) groups excluding carboxylic acids is 1. The molecule has 0 aliphatic carbocycles. The number of hydrogen-bond donors (Lipinski definition) is 16. The van der Waals surface area contributed by atoms with E-state index in [0.717, 1.165) is 6.92 Å². The van der Waals surface area contributed by atoms with Crippen LogP contribution in [-0.2, 0) is 47.4 Å². The van der Waals surface area contributed by atoms with Gasteiger partial charge in [0.1, 0.15) is 116 Å². The fourth-order valence-corrected chi connectivity index (χ4v) is 7.37. The average molecular weight is 854 g/mol. The van der Waals surface area contributed by atoms with Crippen LogP contribution in [0.15, 0.2) is 0 Å². The second-order valence-corrected chi connectivity index (χ2v) is 14.7. The Morgan fingerprint density at radius 1 is 0.448 bits per heavy atom. The first-order chi connectivity index (χ1) is 27.4. The van der Waals surface area contributed by atoms with Gasteiger partial charge in [-0.1, -0.05) is 0 Å². The van der Waals surface area contributed by atoms with E-state index in [9.17, 15) is 81.4 Å². The summed E-state index contributed by atoms with van der Waals surface area (Å²) in [5.74, 6) is -0.774. The highest BCUT2D eigenvalue weighted by atomic mass is 16.8. The van der Waals surface area contributed by atoms with Crippen molar-refractivity contribution in [2.45, 2.75) is 167 Å². The van der Waals surface area contributed by atoms with Crippen molar-refractivity contribution < 1.29 is 124 Å². The molecule has 5 aliphatic rings. The number of aliphatic hydroxyl groups excluding tert-OH is 15. The predicted molar refractivity (Wildman–Crippen MR) is 177 cm³/mol. The molecule has 0 radical (unpaired) electrons. The number of hydrogen-bond acceptors (Lipinski definition) is 25. The normalized spacial score (nSPS) is 51.6. The van der Waals surface area contributed by atoms with Crippen LogP contribution in [0.4, 0.5) is 0 Å². The van der Waals surface area contributed by atoms with Crippen LogP contribution >= 0.6 is 0 Å². The van der Waals surface area contributed by atoms with Crippen molar-refractivity contribution in [1.82, 2.24) is 5.32 Å². The van der Waals surface area contributed by atoms with Gasteiger partial charge in [-0.25, -0.2) is 0 Å². The van der Waals surface area contributed by atoms with Gasteiger partial charge < -0.3 is 125 Å². The molecular formula is C32H55NO25. The first-order valence-corrected chi connectivity index (χ1v) is 18.5. The monoisotopic (exact) mass is 853 g/mol. The summed E-state index contributed by atoms with van der Waals surface area (Å²) < 4.78 is 50.6. The van der Waals surface area contributed by atoms with Crippen molar-refractivity contribution in [1.29, 1.82) is 0 Å². The molecule has 25 atom stereocenters. The van der Waals surface area contributed by atoms with Crippen LogP contribution in [-0.4, -0.2) is 262 Å². The highest BCUT2D eigenvalue weighted by molar-refractivity contribution is 5.73. The maximum Gasteiger partial charge on any atom is 0.217 e. The van der Waals surface area contributed by atoms with Crippen LogP contribution in [0, 0.1) is 0 Å². The maximum absolute atomic E-state index is 12.3. The first-order valence-electron chi connectivity index (χ1n) is 18.5. The van der Waals surface area contributed by atoms with Crippen molar-refractivity contribution in [3.8, 4) is 0 Å². The third kappa shape index (κ3) is 9.75. The van der Waals surface area contributed by atoms with Crippen LogP contribution in [0.3, 0.4) is 0 Å². The third-order valence-electron chi connectivity index (χ3n) is 10.7. The lowest BCUT2D eigenvalue weighted by molar-refractivity contribution is -0.393.